The predicted molar refractivity (Wildman–Crippen MR) is 85.5 cm³/mol. The van der Waals surface area contributed by atoms with Crippen LogP contribution in [0.5, 0.6) is 5.75 Å². The molecule has 0 atom stereocenters. The van der Waals surface area contributed by atoms with Gasteiger partial charge in [-0.3, -0.25) is 0 Å². The third-order valence-electron chi connectivity index (χ3n) is 2.56. The first-order valence-electron chi connectivity index (χ1n) is 6.06. The lowest BCUT2D eigenvalue weighted by atomic mass is 10.3. The van der Waals surface area contributed by atoms with Gasteiger partial charge in [-0.1, -0.05) is 33.6 Å². The number of halogens is 2. The Bertz CT molecular complexity index is 504. The van der Waals surface area contributed by atoms with E-state index in [0.29, 0.717) is 11.6 Å². The van der Waals surface area contributed by atoms with Gasteiger partial charge in [0.15, 0.2) is 0 Å². The van der Waals surface area contributed by atoms with Crippen molar-refractivity contribution in [2.45, 2.75) is 6.42 Å². The third kappa shape index (κ3) is 5.15. The van der Waals surface area contributed by atoms with E-state index in [9.17, 15) is 0 Å². The smallest absolute Gasteiger partial charge is 0.138 e. The summed E-state index contributed by atoms with van der Waals surface area (Å²) in [6.07, 6.45) is 1.07. The third-order valence-corrected chi connectivity index (χ3v) is 4.28. The van der Waals surface area contributed by atoms with Gasteiger partial charge in [0.2, 0.25) is 0 Å². The summed E-state index contributed by atoms with van der Waals surface area (Å²) < 4.78 is 6.57. The van der Waals surface area contributed by atoms with Crippen LogP contribution in [0.4, 0.5) is 0 Å². The average molecular weight is 361 g/mol. The van der Waals surface area contributed by atoms with Gasteiger partial charge in [0.1, 0.15) is 12.4 Å². The fraction of sp³-hybridized carbons (Fsp3) is 0.286. The van der Waals surface area contributed by atoms with Crippen LogP contribution in [-0.2, 0) is 6.42 Å². The summed E-state index contributed by atoms with van der Waals surface area (Å²) in [5, 5.41) is 6.09. The fourth-order valence-electron chi connectivity index (χ4n) is 1.62. The molecule has 2 rings (SSSR count). The van der Waals surface area contributed by atoms with Crippen LogP contribution in [0.1, 0.15) is 4.88 Å². The largest absolute Gasteiger partial charge is 0.491 e. The second kappa shape index (κ2) is 7.90. The molecule has 0 aliphatic rings. The van der Waals surface area contributed by atoms with E-state index in [-0.39, 0.29) is 0 Å². The molecule has 0 spiro atoms. The molecule has 102 valence electrons. The van der Waals surface area contributed by atoms with E-state index in [2.05, 4.69) is 38.8 Å². The molecule has 1 aromatic carbocycles. The maximum absolute atomic E-state index is 6.06. The standard InChI is InChI=1S/C14H15BrClNOS/c15-11-3-4-14(13(16)10-11)18-8-7-17-6-5-12-2-1-9-19-12/h1-4,9-10,17H,5-8H2. The molecule has 2 aromatic rings. The van der Waals surface area contributed by atoms with Crippen LogP contribution in [0.2, 0.25) is 5.02 Å². The Labute approximate surface area is 130 Å². The van der Waals surface area contributed by atoms with Crippen molar-refractivity contribution in [2.75, 3.05) is 19.7 Å². The number of benzene rings is 1. The zero-order valence-corrected chi connectivity index (χ0v) is 13.5. The molecule has 0 fully saturated rings. The first-order valence-corrected chi connectivity index (χ1v) is 8.12. The summed E-state index contributed by atoms with van der Waals surface area (Å²) in [6, 6.07) is 9.87. The number of hydrogen-bond donors (Lipinski definition) is 1. The number of thiophene rings is 1. The molecule has 0 amide bonds. The second-order valence-electron chi connectivity index (χ2n) is 4.00. The van der Waals surface area contributed by atoms with E-state index in [0.717, 1.165) is 29.7 Å². The van der Waals surface area contributed by atoms with Gasteiger partial charge in [0.05, 0.1) is 5.02 Å². The SMILES string of the molecule is Clc1cc(Br)ccc1OCCNCCc1cccs1. The number of nitrogens with one attached hydrogen (secondary N) is 1. The highest BCUT2D eigenvalue weighted by Crippen LogP contribution is 2.27. The number of rotatable bonds is 7. The molecule has 0 saturated heterocycles. The quantitative estimate of drug-likeness (QED) is 0.740. The highest BCUT2D eigenvalue weighted by atomic mass is 79.9. The Morgan fingerprint density at radius 2 is 2.16 bits per heavy atom. The molecule has 0 bridgehead atoms. The van der Waals surface area contributed by atoms with Crippen LogP contribution < -0.4 is 10.1 Å². The lowest BCUT2D eigenvalue weighted by Crippen LogP contribution is -2.23. The molecule has 19 heavy (non-hydrogen) atoms. The lowest BCUT2D eigenvalue weighted by Gasteiger charge is -2.09. The maximum atomic E-state index is 6.06. The van der Waals surface area contributed by atoms with Crippen molar-refractivity contribution in [2.24, 2.45) is 0 Å². The van der Waals surface area contributed by atoms with Gasteiger partial charge in [0.25, 0.3) is 0 Å². The van der Waals surface area contributed by atoms with E-state index < -0.39 is 0 Å². The summed E-state index contributed by atoms with van der Waals surface area (Å²) in [4.78, 5) is 1.41. The van der Waals surface area contributed by atoms with Crippen molar-refractivity contribution in [3.63, 3.8) is 0 Å². The Morgan fingerprint density at radius 1 is 1.26 bits per heavy atom. The molecule has 0 aliphatic carbocycles. The Balaban J connectivity index is 1.61. The molecule has 2 nitrogen and oxygen atoms in total. The summed E-state index contributed by atoms with van der Waals surface area (Å²) in [6.45, 7) is 2.40. The number of ether oxygens (including phenoxy) is 1. The Hall–Kier alpha value is -0.550. The average Bonchev–Trinajstić information content (AvgIpc) is 2.89. The van der Waals surface area contributed by atoms with Gasteiger partial charge in [0, 0.05) is 22.4 Å². The summed E-state index contributed by atoms with van der Waals surface area (Å²) in [5.41, 5.74) is 0. The zero-order valence-electron chi connectivity index (χ0n) is 10.4. The van der Waals surface area contributed by atoms with Crippen LogP contribution >= 0.6 is 38.9 Å². The molecule has 0 unspecified atom stereocenters. The normalized spacial score (nSPS) is 10.6. The highest BCUT2D eigenvalue weighted by molar-refractivity contribution is 9.10. The van der Waals surface area contributed by atoms with Crippen LogP contribution in [0.25, 0.3) is 0 Å². The summed E-state index contributed by atoms with van der Waals surface area (Å²) in [7, 11) is 0. The van der Waals surface area contributed by atoms with Crippen molar-refractivity contribution in [3.8, 4) is 5.75 Å². The van der Waals surface area contributed by atoms with Gasteiger partial charge in [-0.2, -0.15) is 0 Å². The molecular formula is C14H15BrClNOS. The van der Waals surface area contributed by atoms with Crippen LogP contribution in [0.15, 0.2) is 40.2 Å². The van der Waals surface area contributed by atoms with Gasteiger partial charge in [-0.15, -0.1) is 11.3 Å². The van der Waals surface area contributed by atoms with Crippen molar-refractivity contribution < 1.29 is 4.74 Å². The first-order chi connectivity index (χ1) is 9.25. The van der Waals surface area contributed by atoms with Gasteiger partial charge in [-0.05, 0) is 36.1 Å². The topological polar surface area (TPSA) is 21.3 Å². The highest BCUT2D eigenvalue weighted by Gasteiger charge is 2.01. The van der Waals surface area contributed by atoms with Crippen LogP contribution in [0, 0.1) is 0 Å². The minimum atomic E-state index is 0.617. The predicted octanol–water partition coefficient (Wildman–Crippen LogP) is 4.38. The summed E-state index contributed by atoms with van der Waals surface area (Å²) in [5.74, 6) is 0.727. The minimum absolute atomic E-state index is 0.617. The molecule has 1 heterocycles. The van der Waals surface area contributed by atoms with Crippen molar-refractivity contribution in [1.29, 1.82) is 0 Å². The van der Waals surface area contributed by atoms with E-state index in [1.165, 1.54) is 4.88 Å². The Kier molecular flexibility index (Phi) is 6.17. The zero-order chi connectivity index (χ0) is 13.5. The summed E-state index contributed by atoms with van der Waals surface area (Å²) >= 11 is 11.2. The molecular weight excluding hydrogens is 346 g/mol. The molecule has 5 heteroatoms. The van der Waals surface area contributed by atoms with Crippen molar-refractivity contribution in [3.05, 3.63) is 50.1 Å². The van der Waals surface area contributed by atoms with Crippen LogP contribution in [-0.4, -0.2) is 19.7 Å². The maximum Gasteiger partial charge on any atom is 0.138 e. The molecule has 1 aromatic heterocycles. The number of hydrogen-bond acceptors (Lipinski definition) is 3. The minimum Gasteiger partial charge on any atom is -0.491 e. The Morgan fingerprint density at radius 3 is 2.89 bits per heavy atom. The van der Waals surface area contributed by atoms with Crippen LogP contribution in [0.3, 0.4) is 0 Å². The molecule has 0 aliphatic heterocycles. The molecule has 1 N–H and O–H groups in total. The van der Waals surface area contributed by atoms with Gasteiger partial charge < -0.3 is 10.1 Å². The van der Waals surface area contributed by atoms with Gasteiger partial charge in [-0.25, -0.2) is 0 Å². The van der Waals surface area contributed by atoms with Gasteiger partial charge >= 0.3 is 0 Å². The first kappa shape index (κ1) is 14.9. The lowest BCUT2D eigenvalue weighted by molar-refractivity contribution is 0.314. The van der Waals surface area contributed by atoms with E-state index in [1.807, 2.05) is 18.2 Å². The van der Waals surface area contributed by atoms with E-state index in [4.69, 9.17) is 16.3 Å². The van der Waals surface area contributed by atoms with Crippen molar-refractivity contribution in [1.82, 2.24) is 5.32 Å². The molecule has 0 saturated carbocycles. The van der Waals surface area contributed by atoms with E-state index >= 15 is 0 Å². The molecule has 0 radical (unpaired) electrons. The van der Waals surface area contributed by atoms with Crippen molar-refractivity contribution >= 4 is 38.9 Å². The fourth-order valence-corrected chi connectivity index (χ4v) is 3.05. The second-order valence-corrected chi connectivity index (χ2v) is 6.36. The monoisotopic (exact) mass is 359 g/mol. The van der Waals surface area contributed by atoms with E-state index in [1.54, 1.807) is 11.3 Å².